The van der Waals surface area contributed by atoms with E-state index in [0.717, 1.165) is 35.2 Å². The normalized spacial score (nSPS) is 10.7. The lowest BCUT2D eigenvalue weighted by Gasteiger charge is -2.10. The van der Waals surface area contributed by atoms with E-state index in [4.69, 9.17) is 4.74 Å². The average Bonchev–Trinajstić information content (AvgIpc) is 3.42. The molecular weight excluding hydrogens is 358 g/mol. The standard InChI is InChI=1S/C20H19N5OS/c1-26-16-7-5-15(6-8-16)9-11-21-18-14-19(25-12-3-10-22-25)24-20(23-18)17-4-2-13-27-17/h2-8,10,12-14H,9,11H2,1H3,(H,21,23,24). The molecule has 0 spiro atoms. The van der Waals surface area contributed by atoms with Crippen LogP contribution in [0.5, 0.6) is 5.75 Å². The Kier molecular flexibility index (Phi) is 5.11. The highest BCUT2D eigenvalue weighted by Gasteiger charge is 2.09. The Bertz CT molecular complexity index is 929. The van der Waals surface area contributed by atoms with Gasteiger partial charge >= 0.3 is 0 Å². The van der Waals surface area contributed by atoms with E-state index in [1.807, 2.05) is 48.0 Å². The molecule has 0 aliphatic heterocycles. The molecule has 4 aromatic rings. The van der Waals surface area contributed by atoms with Crippen LogP contribution in [0.15, 0.2) is 66.3 Å². The number of nitrogens with one attached hydrogen (secondary N) is 1. The summed E-state index contributed by atoms with van der Waals surface area (Å²) >= 11 is 1.62. The van der Waals surface area contributed by atoms with Gasteiger partial charge in [0.25, 0.3) is 0 Å². The van der Waals surface area contributed by atoms with Crippen molar-refractivity contribution in [2.24, 2.45) is 0 Å². The number of hydrogen-bond acceptors (Lipinski definition) is 6. The summed E-state index contributed by atoms with van der Waals surface area (Å²) < 4.78 is 6.94. The van der Waals surface area contributed by atoms with Gasteiger partial charge in [-0.15, -0.1) is 11.3 Å². The third-order valence-corrected chi connectivity index (χ3v) is 4.94. The summed E-state index contributed by atoms with van der Waals surface area (Å²) in [5, 5.41) is 9.72. The van der Waals surface area contributed by atoms with Gasteiger partial charge in [0.2, 0.25) is 0 Å². The molecule has 0 aliphatic carbocycles. The fourth-order valence-electron chi connectivity index (χ4n) is 2.69. The number of rotatable bonds is 7. The first-order valence-electron chi connectivity index (χ1n) is 8.61. The highest BCUT2D eigenvalue weighted by atomic mass is 32.1. The number of anilines is 1. The largest absolute Gasteiger partial charge is 0.497 e. The first-order valence-corrected chi connectivity index (χ1v) is 9.49. The molecule has 7 heteroatoms. The molecule has 3 heterocycles. The van der Waals surface area contributed by atoms with Crippen LogP contribution in [0.1, 0.15) is 5.56 Å². The van der Waals surface area contributed by atoms with E-state index in [-0.39, 0.29) is 0 Å². The summed E-state index contributed by atoms with van der Waals surface area (Å²) in [7, 11) is 1.67. The van der Waals surface area contributed by atoms with Crippen LogP contribution in [-0.4, -0.2) is 33.4 Å². The molecule has 3 aromatic heterocycles. The predicted molar refractivity (Wildman–Crippen MR) is 108 cm³/mol. The van der Waals surface area contributed by atoms with Crippen LogP contribution in [0.3, 0.4) is 0 Å². The van der Waals surface area contributed by atoms with Crippen molar-refractivity contribution in [1.29, 1.82) is 0 Å². The van der Waals surface area contributed by atoms with E-state index < -0.39 is 0 Å². The number of ether oxygens (including phenoxy) is 1. The van der Waals surface area contributed by atoms with Crippen molar-refractivity contribution >= 4 is 17.2 Å². The van der Waals surface area contributed by atoms with Crippen LogP contribution in [-0.2, 0) is 6.42 Å². The highest BCUT2D eigenvalue weighted by Crippen LogP contribution is 2.24. The van der Waals surface area contributed by atoms with E-state index in [1.165, 1.54) is 5.56 Å². The fraction of sp³-hybridized carbons (Fsp3) is 0.150. The summed E-state index contributed by atoms with van der Waals surface area (Å²) in [4.78, 5) is 10.4. The van der Waals surface area contributed by atoms with E-state index in [0.29, 0.717) is 5.82 Å². The minimum atomic E-state index is 0.699. The Hall–Kier alpha value is -3.19. The van der Waals surface area contributed by atoms with Gasteiger partial charge in [0.05, 0.1) is 12.0 Å². The maximum absolute atomic E-state index is 5.20. The lowest BCUT2D eigenvalue weighted by molar-refractivity contribution is 0.414. The van der Waals surface area contributed by atoms with Gasteiger partial charge in [-0.1, -0.05) is 18.2 Å². The molecule has 0 radical (unpaired) electrons. The van der Waals surface area contributed by atoms with Crippen molar-refractivity contribution < 1.29 is 4.74 Å². The van der Waals surface area contributed by atoms with E-state index in [1.54, 1.807) is 29.3 Å². The first kappa shape index (κ1) is 17.2. The van der Waals surface area contributed by atoms with Crippen LogP contribution in [0.2, 0.25) is 0 Å². The molecule has 0 aliphatic rings. The Balaban J connectivity index is 1.52. The van der Waals surface area contributed by atoms with Crippen molar-refractivity contribution in [3.8, 4) is 22.3 Å². The number of aromatic nitrogens is 4. The molecule has 27 heavy (non-hydrogen) atoms. The lowest BCUT2D eigenvalue weighted by Crippen LogP contribution is -2.09. The van der Waals surface area contributed by atoms with Crippen LogP contribution in [0, 0.1) is 0 Å². The van der Waals surface area contributed by atoms with Crippen molar-refractivity contribution in [3.63, 3.8) is 0 Å². The third-order valence-electron chi connectivity index (χ3n) is 4.07. The molecule has 0 saturated heterocycles. The van der Waals surface area contributed by atoms with E-state index in [9.17, 15) is 0 Å². The van der Waals surface area contributed by atoms with Crippen LogP contribution in [0.4, 0.5) is 5.82 Å². The van der Waals surface area contributed by atoms with Gasteiger partial charge in [-0.05, 0) is 41.6 Å². The topological polar surface area (TPSA) is 64.9 Å². The summed E-state index contributed by atoms with van der Waals surface area (Å²) in [6, 6.07) is 15.9. The van der Waals surface area contributed by atoms with Crippen molar-refractivity contribution in [2.45, 2.75) is 6.42 Å². The number of hydrogen-bond donors (Lipinski definition) is 1. The van der Waals surface area contributed by atoms with Gasteiger partial charge in [-0.2, -0.15) is 5.10 Å². The third kappa shape index (κ3) is 4.15. The summed E-state index contributed by atoms with van der Waals surface area (Å²) in [5.41, 5.74) is 1.24. The second-order valence-corrected chi connectivity index (χ2v) is 6.84. The summed E-state index contributed by atoms with van der Waals surface area (Å²) in [6.45, 7) is 0.770. The van der Waals surface area contributed by atoms with Crippen LogP contribution >= 0.6 is 11.3 Å². The minimum absolute atomic E-state index is 0.699. The molecule has 0 unspecified atom stereocenters. The molecule has 136 valence electrons. The van der Waals surface area contributed by atoms with Gasteiger partial charge in [0.1, 0.15) is 11.6 Å². The zero-order valence-electron chi connectivity index (χ0n) is 14.9. The predicted octanol–water partition coefficient (Wildman–Crippen LogP) is 4.05. The van der Waals surface area contributed by atoms with Gasteiger partial charge in [-0.3, -0.25) is 0 Å². The SMILES string of the molecule is COc1ccc(CCNc2cc(-n3cccn3)nc(-c3cccs3)n2)cc1. The molecule has 0 saturated carbocycles. The molecule has 6 nitrogen and oxygen atoms in total. The van der Waals surface area contributed by atoms with Crippen molar-refractivity contribution in [3.05, 3.63) is 71.9 Å². The molecule has 4 rings (SSSR count). The molecule has 0 fully saturated rings. The second-order valence-electron chi connectivity index (χ2n) is 5.89. The number of nitrogens with zero attached hydrogens (tertiary/aromatic N) is 4. The number of thiophene rings is 1. The fourth-order valence-corrected chi connectivity index (χ4v) is 3.35. The molecular formula is C20H19N5OS. The molecule has 0 bridgehead atoms. The van der Waals surface area contributed by atoms with Gasteiger partial charge in [0.15, 0.2) is 11.6 Å². The zero-order valence-corrected chi connectivity index (χ0v) is 15.7. The van der Waals surface area contributed by atoms with Gasteiger partial charge in [0, 0.05) is 25.0 Å². The van der Waals surface area contributed by atoms with Crippen LogP contribution in [0.25, 0.3) is 16.5 Å². The maximum atomic E-state index is 5.20. The first-order chi connectivity index (χ1) is 13.3. The quantitative estimate of drug-likeness (QED) is 0.526. The Morgan fingerprint density at radius 1 is 1.11 bits per heavy atom. The Morgan fingerprint density at radius 3 is 2.70 bits per heavy atom. The monoisotopic (exact) mass is 377 g/mol. The summed E-state index contributed by atoms with van der Waals surface area (Å²) in [5.74, 6) is 3.09. The Morgan fingerprint density at radius 2 is 2.00 bits per heavy atom. The lowest BCUT2D eigenvalue weighted by atomic mass is 10.1. The van der Waals surface area contributed by atoms with Crippen molar-refractivity contribution in [1.82, 2.24) is 19.7 Å². The molecule has 1 aromatic carbocycles. The molecule has 1 N–H and O–H groups in total. The van der Waals surface area contributed by atoms with Gasteiger partial charge in [-0.25, -0.2) is 14.6 Å². The Labute approximate surface area is 161 Å². The highest BCUT2D eigenvalue weighted by molar-refractivity contribution is 7.13. The van der Waals surface area contributed by atoms with E-state index in [2.05, 4.69) is 32.5 Å². The smallest absolute Gasteiger partial charge is 0.173 e. The zero-order chi connectivity index (χ0) is 18.5. The summed E-state index contributed by atoms with van der Waals surface area (Å²) in [6.07, 6.45) is 4.50. The number of benzene rings is 1. The second kappa shape index (κ2) is 8.01. The van der Waals surface area contributed by atoms with E-state index >= 15 is 0 Å². The average molecular weight is 377 g/mol. The molecule has 0 atom stereocenters. The minimum Gasteiger partial charge on any atom is -0.497 e. The number of methoxy groups -OCH3 is 1. The maximum Gasteiger partial charge on any atom is 0.173 e. The molecule has 0 amide bonds. The van der Waals surface area contributed by atoms with Crippen molar-refractivity contribution in [2.75, 3.05) is 19.0 Å². The van der Waals surface area contributed by atoms with Gasteiger partial charge < -0.3 is 10.1 Å². The van der Waals surface area contributed by atoms with Crippen LogP contribution < -0.4 is 10.1 Å².